The predicted molar refractivity (Wildman–Crippen MR) is 118 cm³/mol. The molecule has 0 N–H and O–H groups in total. The molecule has 0 heterocycles. The minimum atomic E-state index is -2.74. The summed E-state index contributed by atoms with van der Waals surface area (Å²) in [5.41, 5.74) is 0.869. The Bertz CT molecular complexity index is 493. The van der Waals surface area contributed by atoms with Crippen LogP contribution in [-0.4, -0.2) is 26.7 Å². The van der Waals surface area contributed by atoms with Crippen LogP contribution < -0.4 is 0 Å². The zero-order valence-electron chi connectivity index (χ0n) is 18.0. The first kappa shape index (κ1) is 24.2. The number of hydrogen-bond donors (Lipinski definition) is 0. The Morgan fingerprint density at radius 3 is 1.73 bits per heavy atom. The summed E-state index contributed by atoms with van der Waals surface area (Å²) >= 11 is -2.74. The van der Waals surface area contributed by atoms with Gasteiger partial charge < -0.3 is 0 Å². The van der Waals surface area contributed by atoms with Crippen molar-refractivity contribution in [3.63, 3.8) is 0 Å². The Balaban J connectivity index is 3.42. The van der Waals surface area contributed by atoms with Crippen molar-refractivity contribution in [2.45, 2.75) is 96.4 Å². The maximum atomic E-state index is 14.9. The summed E-state index contributed by atoms with van der Waals surface area (Å²) in [5, 5.41) is 0. The minimum absolute atomic E-state index is 0.0543. The van der Waals surface area contributed by atoms with Crippen LogP contribution >= 0.6 is 0 Å². The molecule has 0 aliphatic heterocycles. The third-order valence-electron chi connectivity index (χ3n) is 5.30. The van der Waals surface area contributed by atoms with Crippen molar-refractivity contribution >= 4 is 26.7 Å². The van der Waals surface area contributed by atoms with Crippen LogP contribution in [0.3, 0.4) is 0 Å². The van der Waals surface area contributed by atoms with Crippen molar-refractivity contribution in [3.05, 3.63) is 35.6 Å². The molecule has 1 unspecified atom stereocenters. The zero-order chi connectivity index (χ0) is 19.6. The molecule has 1 aromatic carbocycles. The van der Waals surface area contributed by atoms with E-state index in [1.807, 2.05) is 18.2 Å². The monoisotopic (exact) mass is 488 g/mol. The third kappa shape index (κ3) is 7.63. The molecule has 0 bridgehead atoms. The molecule has 0 aromatic heterocycles. The molecule has 0 aliphatic rings. The van der Waals surface area contributed by atoms with Gasteiger partial charge >= 0.3 is 168 Å². The first-order valence-corrected chi connectivity index (χ1v) is 21.8. The number of benzene rings is 1. The van der Waals surface area contributed by atoms with Crippen molar-refractivity contribution in [3.8, 4) is 0 Å². The molecule has 1 atom stereocenters. The van der Waals surface area contributed by atoms with Gasteiger partial charge in [-0.2, -0.15) is 0 Å². The molecule has 1 aromatic rings. The molecule has 0 aliphatic carbocycles. The summed E-state index contributed by atoms with van der Waals surface area (Å²) in [4.78, 5) is 0. The van der Waals surface area contributed by atoms with Crippen LogP contribution in [0.5, 0.6) is 0 Å². The number of rotatable bonds is 13. The first-order valence-electron chi connectivity index (χ1n) is 10.7. The second kappa shape index (κ2) is 11.9. The van der Waals surface area contributed by atoms with E-state index in [0.29, 0.717) is 0 Å². The summed E-state index contributed by atoms with van der Waals surface area (Å²) < 4.78 is 25.8. The Hall–Kier alpha value is 0.126. The molecule has 0 amide bonds. The van der Waals surface area contributed by atoms with Gasteiger partial charge in [0.1, 0.15) is 0 Å². The summed E-state index contributed by atoms with van der Waals surface area (Å²) in [7, 11) is -1.77. The fourth-order valence-electron chi connectivity index (χ4n) is 3.91. The van der Waals surface area contributed by atoms with Gasteiger partial charge in [-0.3, -0.25) is 0 Å². The molecule has 26 heavy (non-hydrogen) atoms. The van der Waals surface area contributed by atoms with Gasteiger partial charge in [-0.05, 0) is 0 Å². The molecular weight excluding hydrogens is 446 g/mol. The Morgan fingerprint density at radius 1 is 0.885 bits per heavy atom. The van der Waals surface area contributed by atoms with Gasteiger partial charge in [0.15, 0.2) is 0 Å². The van der Waals surface area contributed by atoms with E-state index < -0.39 is 26.7 Å². The molecule has 1 nitrogen and oxygen atoms in total. The normalized spacial score (nSPS) is 13.8. The van der Waals surface area contributed by atoms with Gasteiger partial charge in [0.05, 0.1) is 0 Å². The average molecular weight is 487 g/mol. The second-order valence-electron chi connectivity index (χ2n) is 8.80. The maximum absolute atomic E-state index is 14.9. The molecule has 150 valence electrons. The van der Waals surface area contributed by atoms with Gasteiger partial charge in [-0.1, -0.05) is 0 Å². The molecule has 0 saturated heterocycles. The Kier molecular flexibility index (Phi) is 11.0. The van der Waals surface area contributed by atoms with Crippen molar-refractivity contribution in [1.82, 2.24) is 0 Å². The van der Waals surface area contributed by atoms with Gasteiger partial charge in [0.25, 0.3) is 0 Å². The topological polar surface area (TPSA) is 9.23 Å². The van der Waals surface area contributed by atoms with Crippen molar-refractivity contribution in [2.24, 2.45) is 0 Å². The standard InChI is InChI=1S/C10H14FOSi.3C4H9.Sn/c1-13(2,3)12-8-9-6-4-5-7-10(9)11;3*1-3-4-2;/h4-8H,1-3H3;3*1,3-4H2,2H3;. The SMILES string of the molecule is CCC[CH2][Sn]([CH2]CCC)([CH2]CCC)[CH](O[Si](C)(C)C)c1ccccc1F. The molecular formula is C22H41FOSiSn. The quantitative estimate of drug-likeness (QED) is 0.256. The molecule has 0 saturated carbocycles. The van der Waals surface area contributed by atoms with E-state index in [2.05, 4.69) is 40.4 Å². The van der Waals surface area contributed by atoms with Crippen LogP contribution in [0.2, 0.25) is 33.0 Å². The molecule has 1 rings (SSSR count). The van der Waals surface area contributed by atoms with Crippen LogP contribution in [0.4, 0.5) is 4.39 Å². The summed E-state index contributed by atoms with van der Waals surface area (Å²) in [6.07, 6.45) is 7.53. The number of unbranched alkanes of at least 4 members (excludes halogenated alkanes) is 3. The van der Waals surface area contributed by atoms with E-state index in [9.17, 15) is 4.39 Å². The molecule has 0 fully saturated rings. The Labute approximate surface area is 167 Å². The molecule has 0 radical (unpaired) electrons. The summed E-state index contributed by atoms with van der Waals surface area (Å²) in [6, 6.07) is 7.45. The van der Waals surface area contributed by atoms with Crippen molar-refractivity contribution in [2.75, 3.05) is 0 Å². The van der Waals surface area contributed by atoms with Crippen LogP contribution in [0, 0.1) is 5.82 Å². The van der Waals surface area contributed by atoms with Crippen molar-refractivity contribution < 1.29 is 8.82 Å². The van der Waals surface area contributed by atoms with E-state index in [1.165, 1.54) is 51.8 Å². The van der Waals surface area contributed by atoms with Crippen LogP contribution in [0.1, 0.15) is 69.0 Å². The van der Waals surface area contributed by atoms with E-state index in [4.69, 9.17) is 4.43 Å². The van der Waals surface area contributed by atoms with Crippen LogP contribution in [0.25, 0.3) is 0 Å². The Morgan fingerprint density at radius 2 is 1.35 bits per heavy atom. The van der Waals surface area contributed by atoms with Crippen molar-refractivity contribution in [1.29, 1.82) is 0 Å². The fraction of sp³-hybridized carbons (Fsp3) is 0.727. The van der Waals surface area contributed by atoms with Gasteiger partial charge in [0.2, 0.25) is 0 Å². The zero-order valence-corrected chi connectivity index (χ0v) is 21.9. The third-order valence-corrected chi connectivity index (χ3v) is 22.9. The fourth-order valence-corrected chi connectivity index (χ4v) is 26.2. The van der Waals surface area contributed by atoms with Gasteiger partial charge in [0, 0.05) is 0 Å². The number of hydrogen-bond acceptors (Lipinski definition) is 1. The van der Waals surface area contributed by atoms with Gasteiger partial charge in [-0.25, -0.2) is 0 Å². The average Bonchev–Trinajstić information content (AvgIpc) is 2.59. The van der Waals surface area contributed by atoms with Crippen LogP contribution in [-0.2, 0) is 4.43 Å². The number of halogens is 1. The molecule has 4 heteroatoms. The van der Waals surface area contributed by atoms with E-state index in [-0.39, 0.29) is 9.94 Å². The first-order chi connectivity index (χ1) is 12.3. The van der Waals surface area contributed by atoms with E-state index in [0.717, 1.165) is 5.56 Å². The van der Waals surface area contributed by atoms with E-state index in [1.54, 1.807) is 6.07 Å². The predicted octanol–water partition coefficient (Wildman–Crippen LogP) is 8.11. The summed E-state index contributed by atoms with van der Waals surface area (Å²) in [6.45, 7) is 13.6. The van der Waals surface area contributed by atoms with Gasteiger partial charge in [-0.15, -0.1) is 0 Å². The molecule has 0 spiro atoms. The summed E-state index contributed by atoms with van der Waals surface area (Å²) in [5.74, 6) is -0.0543. The van der Waals surface area contributed by atoms with Crippen LogP contribution in [0.15, 0.2) is 24.3 Å². The second-order valence-corrected chi connectivity index (χ2v) is 26.8. The van der Waals surface area contributed by atoms with E-state index >= 15 is 0 Å².